The molecule has 0 radical (unpaired) electrons. The minimum Gasteiger partial charge on any atom is -0.312 e. The van der Waals surface area contributed by atoms with E-state index in [4.69, 9.17) is 9.05 Å². The fourth-order valence-corrected chi connectivity index (χ4v) is 10.9. The maximum atomic E-state index is 11.7. The van der Waals surface area contributed by atoms with E-state index in [1.54, 1.807) is 6.66 Å². The molecule has 1 atom stereocenters. The van der Waals surface area contributed by atoms with Crippen LogP contribution in [0.1, 0.15) is 379 Å². The zero-order valence-corrected chi connectivity index (χ0v) is 47.3. The van der Waals surface area contributed by atoms with Crippen molar-refractivity contribution in [1.29, 1.82) is 0 Å². The van der Waals surface area contributed by atoms with Crippen LogP contribution in [0.2, 0.25) is 0 Å². The lowest BCUT2D eigenvalue weighted by Crippen LogP contribution is -1.94. The molecule has 0 bridgehead atoms. The zero-order chi connectivity index (χ0) is 47.6. The molecule has 0 saturated heterocycles. The first-order valence-electron chi connectivity index (χ1n) is 31.4. The van der Waals surface area contributed by atoms with Crippen LogP contribution in [-0.4, -0.2) is 20.4 Å². The van der Waals surface area contributed by atoms with Gasteiger partial charge < -0.3 is 9.05 Å². The Kier molecular flexibility index (Phi) is 59.6. The molecule has 3 nitrogen and oxygen atoms in total. The lowest BCUT2D eigenvalue weighted by atomic mass is 10.0. The molecule has 0 amide bonds. The molecule has 0 aromatic heterocycles. The Morgan fingerprint density at radius 2 is 0.348 bits per heavy atom. The zero-order valence-electron chi connectivity index (χ0n) is 46.4. The molecule has 0 aromatic carbocycles. The van der Waals surface area contributed by atoms with Gasteiger partial charge in [0.2, 0.25) is 0 Å². The van der Waals surface area contributed by atoms with Gasteiger partial charge in [0.15, 0.2) is 0 Å². The Morgan fingerprint density at radius 1 is 0.227 bits per heavy atom. The summed E-state index contributed by atoms with van der Waals surface area (Å²) in [5.41, 5.74) is 0. The lowest BCUT2D eigenvalue weighted by Gasteiger charge is -2.10. The second-order valence-electron chi connectivity index (χ2n) is 21.9. The van der Waals surface area contributed by atoms with Crippen molar-refractivity contribution in [2.45, 2.75) is 379 Å². The SMILES string of the molecule is CCCCCCCCCCCCCCCCCCCCCCCCCCCCCCCCCCCCCCCCCCCCCCCCCCCCCCCCCCCCOP(C)(=O)OC. The van der Waals surface area contributed by atoms with Gasteiger partial charge in [-0.2, -0.15) is 0 Å². The third-order valence-electron chi connectivity index (χ3n) is 15.2. The summed E-state index contributed by atoms with van der Waals surface area (Å²) in [6.07, 6.45) is 84.4. The molecule has 0 heterocycles. The summed E-state index contributed by atoms with van der Waals surface area (Å²) >= 11 is 0. The van der Waals surface area contributed by atoms with E-state index >= 15 is 0 Å². The van der Waals surface area contributed by atoms with Crippen molar-refractivity contribution >= 4 is 7.60 Å². The van der Waals surface area contributed by atoms with Gasteiger partial charge in [-0.25, -0.2) is 0 Å². The van der Waals surface area contributed by atoms with Crippen molar-refractivity contribution < 1.29 is 13.6 Å². The summed E-state index contributed by atoms with van der Waals surface area (Å²) in [5, 5.41) is 0. The second-order valence-corrected chi connectivity index (χ2v) is 24.1. The Morgan fingerprint density at radius 3 is 0.470 bits per heavy atom. The quantitative estimate of drug-likeness (QED) is 0.0450. The fraction of sp³-hybridized carbons (Fsp3) is 1.00. The van der Waals surface area contributed by atoms with E-state index < -0.39 is 7.60 Å². The van der Waals surface area contributed by atoms with Gasteiger partial charge in [0.05, 0.1) is 6.61 Å². The number of hydrogen-bond donors (Lipinski definition) is 0. The molecule has 0 aromatic rings. The minimum absolute atomic E-state index is 0.557. The topological polar surface area (TPSA) is 35.5 Å². The molecule has 0 spiro atoms. The number of rotatable bonds is 61. The van der Waals surface area contributed by atoms with E-state index in [2.05, 4.69) is 6.92 Å². The normalized spacial score (nSPS) is 12.7. The Bertz CT molecular complexity index is 892. The largest absolute Gasteiger partial charge is 0.327 e. The van der Waals surface area contributed by atoms with Gasteiger partial charge in [-0.3, -0.25) is 4.57 Å². The lowest BCUT2D eigenvalue weighted by molar-refractivity contribution is 0.233. The van der Waals surface area contributed by atoms with E-state index in [0.29, 0.717) is 6.61 Å². The third-order valence-corrected chi connectivity index (χ3v) is 16.5. The van der Waals surface area contributed by atoms with Crippen LogP contribution >= 0.6 is 7.60 Å². The molecule has 4 heteroatoms. The van der Waals surface area contributed by atoms with Crippen LogP contribution in [0.25, 0.3) is 0 Å². The predicted molar refractivity (Wildman–Crippen MR) is 300 cm³/mol. The first-order valence-corrected chi connectivity index (χ1v) is 33.4. The van der Waals surface area contributed by atoms with Gasteiger partial charge in [0.1, 0.15) is 0 Å². The summed E-state index contributed by atoms with van der Waals surface area (Å²) in [5.74, 6) is 0. The summed E-state index contributed by atoms with van der Waals surface area (Å²) in [4.78, 5) is 0. The maximum Gasteiger partial charge on any atom is 0.327 e. The molecule has 66 heavy (non-hydrogen) atoms. The van der Waals surface area contributed by atoms with E-state index in [9.17, 15) is 4.57 Å². The number of hydrogen-bond acceptors (Lipinski definition) is 3. The average Bonchev–Trinajstić information content (AvgIpc) is 3.32. The predicted octanol–water partition coefficient (Wildman–Crippen LogP) is 24.1. The van der Waals surface area contributed by atoms with Gasteiger partial charge in [-0.1, -0.05) is 373 Å². The van der Waals surface area contributed by atoms with Crippen molar-refractivity contribution in [3.63, 3.8) is 0 Å². The van der Waals surface area contributed by atoms with Crippen molar-refractivity contribution in [2.24, 2.45) is 0 Å². The number of unbranched alkanes of at least 4 members (excludes halogenated alkanes) is 57. The summed E-state index contributed by atoms with van der Waals surface area (Å²) in [6, 6.07) is 0. The monoisotopic (exact) mass is 951 g/mol. The Balaban J connectivity index is 3.08. The van der Waals surface area contributed by atoms with Crippen LogP contribution in [0.3, 0.4) is 0 Å². The molecular weight excluding hydrogens is 824 g/mol. The van der Waals surface area contributed by atoms with Crippen molar-refractivity contribution in [1.82, 2.24) is 0 Å². The first kappa shape index (κ1) is 66.2. The summed E-state index contributed by atoms with van der Waals surface area (Å²) in [7, 11) is -1.33. The molecule has 0 saturated carbocycles. The third kappa shape index (κ3) is 60.3. The summed E-state index contributed by atoms with van der Waals surface area (Å²) in [6.45, 7) is 4.41. The molecule has 0 aliphatic heterocycles. The maximum absolute atomic E-state index is 11.7. The van der Waals surface area contributed by atoms with E-state index in [1.807, 2.05) is 0 Å². The Labute approximate surface area is 419 Å². The second kappa shape index (κ2) is 59.5. The highest BCUT2D eigenvalue weighted by Crippen LogP contribution is 2.42. The molecule has 1 unspecified atom stereocenters. The highest BCUT2D eigenvalue weighted by Gasteiger charge is 2.13. The van der Waals surface area contributed by atoms with Crippen LogP contribution in [0.15, 0.2) is 0 Å². The highest BCUT2D eigenvalue weighted by molar-refractivity contribution is 7.52. The first-order chi connectivity index (χ1) is 32.6. The fourth-order valence-electron chi connectivity index (χ4n) is 10.4. The van der Waals surface area contributed by atoms with Gasteiger partial charge in [0.25, 0.3) is 0 Å². The van der Waals surface area contributed by atoms with Crippen LogP contribution in [0.5, 0.6) is 0 Å². The van der Waals surface area contributed by atoms with Crippen molar-refractivity contribution in [3.05, 3.63) is 0 Å². The van der Waals surface area contributed by atoms with Crippen molar-refractivity contribution in [2.75, 3.05) is 20.4 Å². The molecule has 0 aliphatic carbocycles. The van der Waals surface area contributed by atoms with Crippen molar-refractivity contribution in [3.8, 4) is 0 Å². The summed E-state index contributed by atoms with van der Waals surface area (Å²) < 4.78 is 21.8. The molecule has 0 fully saturated rings. The minimum atomic E-state index is -2.78. The average molecular weight is 952 g/mol. The molecule has 0 N–H and O–H groups in total. The Hall–Kier alpha value is 0.150. The highest BCUT2D eigenvalue weighted by atomic mass is 31.2. The van der Waals surface area contributed by atoms with E-state index in [0.717, 1.165) is 6.42 Å². The molecule has 0 rings (SSSR count). The standard InChI is InChI=1S/C62H127O3P/c1-4-5-6-7-8-9-10-11-12-13-14-15-16-17-18-19-20-21-22-23-24-25-26-27-28-29-30-31-32-33-34-35-36-37-38-39-40-41-42-43-44-45-46-47-48-49-50-51-52-53-54-55-56-57-58-59-60-61-62-65-66(3,63)64-2/h4-62H2,1-3H3. The van der Waals surface area contributed by atoms with Crippen LogP contribution in [-0.2, 0) is 13.6 Å². The van der Waals surface area contributed by atoms with Gasteiger partial charge in [-0.05, 0) is 6.42 Å². The van der Waals surface area contributed by atoms with E-state index in [1.165, 1.54) is 373 Å². The smallest absolute Gasteiger partial charge is 0.312 e. The van der Waals surface area contributed by atoms with E-state index in [-0.39, 0.29) is 0 Å². The van der Waals surface area contributed by atoms with Gasteiger partial charge in [0, 0.05) is 13.8 Å². The van der Waals surface area contributed by atoms with Gasteiger partial charge >= 0.3 is 7.60 Å². The van der Waals surface area contributed by atoms with Crippen LogP contribution in [0.4, 0.5) is 0 Å². The van der Waals surface area contributed by atoms with Crippen LogP contribution < -0.4 is 0 Å². The molecular formula is C62H127O3P. The van der Waals surface area contributed by atoms with Crippen LogP contribution in [0, 0.1) is 0 Å². The molecule has 0 aliphatic rings. The van der Waals surface area contributed by atoms with Gasteiger partial charge in [-0.15, -0.1) is 0 Å². The molecule has 398 valence electrons.